The number of esters is 1. The fourth-order valence-corrected chi connectivity index (χ4v) is 2.99. The molecule has 0 radical (unpaired) electrons. The summed E-state index contributed by atoms with van der Waals surface area (Å²) in [4.78, 5) is 12.9. The van der Waals surface area contributed by atoms with E-state index in [1.807, 2.05) is 26.8 Å². The van der Waals surface area contributed by atoms with Crippen LogP contribution in [0, 0.1) is 5.41 Å². The van der Waals surface area contributed by atoms with Gasteiger partial charge in [0.15, 0.2) is 0 Å². The first-order chi connectivity index (χ1) is 11.7. The van der Waals surface area contributed by atoms with Gasteiger partial charge in [-0.2, -0.15) is 0 Å². The van der Waals surface area contributed by atoms with Crippen LogP contribution in [0.15, 0.2) is 54.6 Å². The maximum absolute atomic E-state index is 12.9. The van der Waals surface area contributed by atoms with Crippen molar-refractivity contribution in [1.29, 1.82) is 0 Å². The van der Waals surface area contributed by atoms with Crippen molar-refractivity contribution < 1.29 is 19.4 Å². The molecule has 0 aromatic heterocycles. The average molecular weight is 361 g/mol. The lowest BCUT2D eigenvalue weighted by atomic mass is 9.84. The first-order valence-electron chi connectivity index (χ1n) is 8.13. The third kappa shape index (κ3) is 3.17. The van der Waals surface area contributed by atoms with Crippen LogP contribution in [0.5, 0.6) is 0 Å². The second kappa shape index (κ2) is 6.45. The Labute approximate surface area is 152 Å². The molecule has 25 heavy (non-hydrogen) atoms. The van der Waals surface area contributed by atoms with Crippen molar-refractivity contribution in [3.05, 3.63) is 70.7 Å². The highest BCUT2D eigenvalue weighted by atomic mass is 35.5. The molecule has 3 rings (SSSR count). The molecule has 2 aromatic carbocycles. The Bertz CT molecular complexity index is 752. The Hall–Kier alpha value is -1.88. The van der Waals surface area contributed by atoms with Crippen LogP contribution in [0.3, 0.4) is 0 Å². The summed E-state index contributed by atoms with van der Waals surface area (Å²) < 4.78 is 11.6. The van der Waals surface area contributed by atoms with Gasteiger partial charge in [0.25, 0.3) is 0 Å². The molecule has 1 aliphatic rings. The first-order valence-corrected chi connectivity index (χ1v) is 8.51. The Kier molecular flexibility index (Phi) is 4.62. The van der Waals surface area contributed by atoms with Gasteiger partial charge in [0.05, 0.1) is 0 Å². The lowest BCUT2D eigenvalue weighted by molar-refractivity contribution is -0.175. The number of carbonyl (C=O) groups is 1. The second-order valence-corrected chi connectivity index (χ2v) is 7.71. The SMILES string of the molecule is CC(C)(C)[C@@H]1OC(=O)[C@@](c2ccccc2)([C@H](O)c2ccc(Cl)cc2)O1. The molecule has 1 aliphatic heterocycles. The number of hydrogen-bond acceptors (Lipinski definition) is 4. The minimum Gasteiger partial charge on any atom is -0.433 e. The molecule has 0 saturated carbocycles. The highest BCUT2D eigenvalue weighted by Gasteiger charge is 2.59. The van der Waals surface area contributed by atoms with Crippen LogP contribution in [-0.2, 0) is 19.9 Å². The summed E-state index contributed by atoms with van der Waals surface area (Å²) in [5.41, 5.74) is -0.965. The number of aliphatic hydroxyl groups is 1. The molecule has 4 nitrogen and oxygen atoms in total. The number of halogens is 1. The summed E-state index contributed by atoms with van der Waals surface area (Å²) in [6.45, 7) is 5.75. The Morgan fingerprint density at radius 3 is 2.20 bits per heavy atom. The van der Waals surface area contributed by atoms with Crippen LogP contribution in [0.1, 0.15) is 38.0 Å². The van der Waals surface area contributed by atoms with E-state index >= 15 is 0 Å². The quantitative estimate of drug-likeness (QED) is 0.833. The lowest BCUT2D eigenvalue weighted by Crippen LogP contribution is -2.41. The lowest BCUT2D eigenvalue weighted by Gasteiger charge is -2.32. The molecule has 0 spiro atoms. The predicted molar refractivity (Wildman–Crippen MR) is 95.0 cm³/mol. The fraction of sp³-hybridized carbons (Fsp3) is 0.350. The second-order valence-electron chi connectivity index (χ2n) is 7.28. The Morgan fingerprint density at radius 1 is 1.08 bits per heavy atom. The number of cyclic esters (lactones) is 1. The van der Waals surface area contributed by atoms with Gasteiger partial charge < -0.3 is 14.6 Å². The summed E-state index contributed by atoms with van der Waals surface area (Å²) in [6, 6.07) is 15.6. The van der Waals surface area contributed by atoms with Gasteiger partial charge >= 0.3 is 5.97 Å². The minimum absolute atomic E-state index is 0.425. The average Bonchev–Trinajstić information content (AvgIpc) is 2.94. The zero-order chi connectivity index (χ0) is 18.2. The highest BCUT2D eigenvalue weighted by molar-refractivity contribution is 6.30. The van der Waals surface area contributed by atoms with Gasteiger partial charge in [-0.05, 0) is 23.3 Å². The van der Waals surface area contributed by atoms with Crippen molar-refractivity contribution in [3.8, 4) is 0 Å². The molecule has 0 bridgehead atoms. The number of rotatable bonds is 3. The third-order valence-electron chi connectivity index (χ3n) is 4.29. The van der Waals surface area contributed by atoms with Gasteiger partial charge in [0.1, 0.15) is 6.10 Å². The largest absolute Gasteiger partial charge is 0.433 e. The molecule has 1 N–H and O–H groups in total. The maximum Gasteiger partial charge on any atom is 0.348 e. The van der Waals surface area contributed by atoms with E-state index in [0.717, 1.165) is 0 Å². The van der Waals surface area contributed by atoms with E-state index in [-0.39, 0.29) is 0 Å². The topological polar surface area (TPSA) is 55.8 Å². The van der Waals surface area contributed by atoms with Crippen molar-refractivity contribution in [3.63, 3.8) is 0 Å². The first kappa shape index (κ1) is 17.9. The summed E-state index contributed by atoms with van der Waals surface area (Å²) >= 11 is 5.93. The van der Waals surface area contributed by atoms with Crippen molar-refractivity contribution in [2.75, 3.05) is 0 Å². The number of hydrogen-bond donors (Lipinski definition) is 1. The van der Waals surface area contributed by atoms with Gasteiger partial charge in [-0.3, -0.25) is 0 Å². The van der Waals surface area contributed by atoms with Crippen LogP contribution >= 0.6 is 11.6 Å². The number of aliphatic hydroxyl groups excluding tert-OH is 1. The molecule has 0 amide bonds. The zero-order valence-electron chi connectivity index (χ0n) is 14.4. The molecule has 1 heterocycles. The van der Waals surface area contributed by atoms with Gasteiger partial charge in [-0.25, -0.2) is 4.79 Å². The maximum atomic E-state index is 12.9. The van der Waals surface area contributed by atoms with E-state index in [4.69, 9.17) is 21.1 Å². The standard InChI is InChI=1S/C20H21ClO4/c1-19(2,3)18-24-17(23)20(25-18,14-7-5-4-6-8-14)16(22)13-9-11-15(21)12-10-13/h4-12,16,18,22H,1-3H3/t16-,18-,20-/m1/s1. The van der Waals surface area contributed by atoms with Crippen molar-refractivity contribution in [2.45, 2.75) is 38.8 Å². The summed E-state index contributed by atoms with van der Waals surface area (Å²) in [6.07, 6.45) is -1.99. The number of ether oxygens (including phenoxy) is 2. The normalized spacial score (nSPS) is 24.8. The monoisotopic (exact) mass is 360 g/mol. The molecular formula is C20H21ClO4. The van der Waals surface area contributed by atoms with Crippen LogP contribution < -0.4 is 0 Å². The van der Waals surface area contributed by atoms with Crippen LogP contribution in [0.25, 0.3) is 0 Å². The molecule has 5 heteroatoms. The zero-order valence-corrected chi connectivity index (χ0v) is 15.2. The van der Waals surface area contributed by atoms with E-state index in [1.165, 1.54) is 0 Å². The fourth-order valence-electron chi connectivity index (χ4n) is 2.86. The third-order valence-corrected chi connectivity index (χ3v) is 4.54. The Balaban J connectivity index is 2.11. The van der Waals surface area contributed by atoms with E-state index in [9.17, 15) is 9.90 Å². The molecule has 0 unspecified atom stereocenters. The van der Waals surface area contributed by atoms with Crippen molar-refractivity contribution >= 4 is 17.6 Å². The van der Waals surface area contributed by atoms with Crippen molar-refractivity contribution in [2.24, 2.45) is 5.41 Å². The van der Waals surface area contributed by atoms with E-state index in [0.29, 0.717) is 16.1 Å². The van der Waals surface area contributed by atoms with Crippen LogP contribution in [0.2, 0.25) is 5.02 Å². The van der Waals surface area contributed by atoms with Gasteiger partial charge in [-0.1, -0.05) is 74.8 Å². The van der Waals surface area contributed by atoms with E-state index < -0.39 is 29.4 Å². The van der Waals surface area contributed by atoms with Crippen molar-refractivity contribution in [1.82, 2.24) is 0 Å². The van der Waals surface area contributed by atoms with Gasteiger partial charge in [0, 0.05) is 10.4 Å². The summed E-state index contributed by atoms with van der Waals surface area (Å²) in [5.74, 6) is -0.596. The van der Waals surface area contributed by atoms with Crippen LogP contribution in [0.4, 0.5) is 0 Å². The molecule has 132 valence electrons. The number of carbonyl (C=O) groups excluding carboxylic acids is 1. The van der Waals surface area contributed by atoms with Gasteiger partial charge in [0.2, 0.25) is 11.9 Å². The van der Waals surface area contributed by atoms with Crippen LogP contribution in [-0.4, -0.2) is 17.4 Å². The number of benzene rings is 2. The molecule has 1 fully saturated rings. The van der Waals surface area contributed by atoms with E-state index in [1.54, 1.807) is 48.5 Å². The Morgan fingerprint density at radius 2 is 1.68 bits per heavy atom. The molecule has 2 aromatic rings. The molecule has 0 aliphatic carbocycles. The molecular weight excluding hydrogens is 340 g/mol. The summed E-state index contributed by atoms with van der Waals surface area (Å²) in [7, 11) is 0. The highest BCUT2D eigenvalue weighted by Crippen LogP contribution is 2.48. The van der Waals surface area contributed by atoms with E-state index in [2.05, 4.69) is 0 Å². The summed E-state index contributed by atoms with van der Waals surface area (Å²) in [5, 5.41) is 11.6. The molecule has 3 atom stereocenters. The molecule has 1 saturated heterocycles. The smallest absolute Gasteiger partial charge is 0.348 e. The predicted octanol–water partition coefficient (Wildman–Crippen LogP) is 4.21. The van der Waals surface area contributed by atoms with Gasteiger partial charge in [-0.15, -0.1) is 0 Å². The minimum atomic E-state index is -1.62.